The SMILES string of the molecule is COc1ccc(C)cc1CCNC(=O)CCc1nc2ccccc2[nH]1. The number of aromatic nitrogens is 2. The van der Waals surface area contributed by atoms with Crippen LogP contribution < -0.4 is 10.1 Å². The topological polar surface area (TPSA) is 67.0 Å². The number of ether oxygens (including phenoxy) is 1. The number of imidazole rings is 1. The molecule has 0 aliphatic heterocycles. The van der Waals surface area contributed by atoms with Gasteiger partial charge < -0.3 is 15.0 Å². The van der Waals surface area contributed by atoms with Crippen molar-refractivity contribution >= 4 is 16.9 Å². The first-order valence-electron chi connectivity index (χ1n) is 8.49. The van der Waals surface area contributed by atoms with Gasteiger partial charge in [0.2, 0.25) is 5.91 Å². The highest BCUT2D eigenvalue weighted by Crippen LogP contribution is 2.19. The summed E-state index contributed by atoms with van der Waals surface area (Å²) in [6.45, 7) is 2.65. The Morgan fingerprint density at radius 3 is 2.84 bits per heavy atom. The Bertz CT molecular complexity index is 837. The molecule has 5 nitrogen and oxygen atoms in total. The van der Waals surface area contributed by atoms with Crippen LogP contribution in [0, 0.1) is 6.92 Å². The maximum Gasteiger partial charge on any atom is 0.220 e. The number of nitrogens with one attached hydrogen (secondary N) is 2. The lowest BCUT2D eigenvalue weighted by Crippen LogP contribution is -2.26. The van der Waals surface area contributed by atoms with Crippen molar-refractivity contribution in [1.82, 2.24) is 15.3 Å². The number of aromatic amines is 1. The minimum absolute atomic E-state index is 0.0343. The first-order chi connectivity index (χ1) is 12.2. The quantitative estimate of drug-likeness (QED) is 0.696. The smallest absolute Gasteiger partial charge is 0.220 e. The molecule has 3 aromatic rings. The molecule has 0 aliphatic carbocycles. The number of rotatable bonds is 7. The second kappa shape index (κ2) is 7.83. The van der Waals surface area contributed by atoms with Crippen LogP contribution in [0.5, 0.6) is 5.75 Å². The molecule has 2 N–H and O–H groups in total. The van der Waals surface area contributed by atoms with Gasteiger partial charge in [-0.25, -0.2) is 4.98 Å². The fourth-order valence-electron chi connectivity index (χ4n) is 2.88. The van der Waals surface area contributed by atoms with Gasteiger partial charge in [0.15, 0.2) is 0 Å². The number of H-pyrrole nitrogens is 1. The Hall–Kier alpha value is -2.82. The lowest BCUT2D eigenvalue weighted by atomic mass is 10.1. The molecule has 0 aliphatic rings. The van der Waals surface area contributed by atoms with E-state index in [-0.39, 0.29) is 5.91 Å². The van der Waals surface area contributed by atoms with Gasteiger partial charge in [-0.15, -0.1) is 0 Å². The average Bonchev–Trinajstić information content (AvgIpc) is 3.03. The van der Waals surface area contributed by atoms with Crippen molar-refractivity contribution in [2.45, 2.75) is 26.2 Å². The van der Waals surface area contributed by atoms with Crippen molar-refractivity contribution in [1.29, 1.82) is 0 Å². The molecular formula is C20H23N3O2. The van der Waals surface area contributed by atoms with Crippen molar-refractivity contribution < 1.29 is 9.53 Å². The summed E-state index contributed by atoms with van der Waals surface area (Å²) in [7, 11) is 1.67. The van der Waals surface area contributed by atoms with E-state index in [4.69, 9.17) is 4.74 Å². The van der Waals surface area contributed by atoms with E-state index in [1.165, 1.54) is 5.56 Å². The highest BCUT2D eigenvalue weighted by molar-refractivity contribution is 5.77. The predicted molar refractivity (Wildman–Crippen MR) is 98.9 cm³/mol. The van der Waals surface area contributed by atoms with Gasteiger partial charge in [-0.2, -0.15) is 0 Å². The van der Waals surface area contributed by atoms with E-state index in [0.717, 1.165) is 34.6 Å². The van der Waals surface area contributed by atoms with Gasteiger partial charge in [-0.3, -0.25) is 4.79 Å². The third kappa shape index (κ3) is 4.38. The van der Waals surface area contributed by atoms with E-state index >= 15 is 0 Å². The van der Waals surface area contributed by atoms with E-state index < -0.39 is 0 Å². The number of carbonyl (C=O) groups is 1. The average molecular weight is 337 g/mol. The minimum atomic E-state index is 0.0343. The molecule has 0 atom stereocenters. The summed E-state index contributed by atoms with van der Waals surface area (Å²) in [4.78, 5) is 19.8. The monoisotopic (exact) mass is 337 g/mol. The summed E-state index contributed by atoms with van der Waals surface area (Å²) in [5, 5.41) is 2.97. The molecule has 5 heteroatoms. The molecule has 0 bridgehead atoms. The maximum atomic E-state index is 12.1. The molecule has 0 radical (unpaired) electrons. The molecule has 2 aromatic carbocycles. The standard InChI is InChI=1S/C20H23N3O2/c1-14-7-8-18(25-2)15(13-14)11-12-21-20(24)10-9-19-22-16-5-3-4-6-17(16)23-19/h3-8,13H,9-12H2,1-2H3,(H,21,24)(H,22,23). The largest absolute Gasteiger partial charge is 0.496 e. The molecule has 130 valence electrons. The van der Waals surface area contributed by atoms with E-state index in [2.05, 4.69) is 28.3 Å². The first-order valence-corrected chi connectivity index (χ1v) is 8.49. The number of carbonyl (C=O) groups excluding carboxylic acids is 1. The van der Waals surface area contributed by atoms with Crippen LogP contribution in [0.15, 0.2) is 42.5 Å². The van der Waals surface area contributed by atoms with Crippen LogP contribution in [0.3, 0.4) is 0 Å². The van der Waals surface area contributed by atoms with Crippen molar-refractivity contribution in [3.63, 3.8) is 0 Å². The zero-order valence-corrected chi connectivity index (χ0v) is 14.6. The zero-order chi connectivity index (χ0) is 17.6. The molecule has 0 unspecified atom stereocenters. The second-order valence-corrected chi connectivity index (χ2v) is 6.12. The number of hydrogen-bond donors (Lipinski definition) is 2. The number of nitrogens with zero attached hydrogens (tertiary/aromatic N) is 1. The number of benzene rings is 2. The third-order valence-electron chi connectivity index (χ3n) is 4.18. The summed E-state index contributed by atoms with van der Waals surface area (Å²) in [5.74, 6) is 1.74. The van der Waals surface area contributed by atoms with Gasteiger partial charge >= 0.3 is 0 Å². The number of aryl methyl sites for hydroxylation is 2. The number of para-hydroxylation sites is 2. The van der Waals surface area contributed by atoms with Crippen LogP contribution in [0.25, 0.3) is 11.0 Å². The molecule has 0 fully saturated rings. The summed E-state index contributed by atoms with van der Waals surface area (Å²) < 4.78 is 5.37. The Morgan fingerprint density at radius 2 is 2.04 bits per heavy atom. The highest BCUT2D eigenvalue weighted by Gasteiger charge is 2.07. The van der Waals surface area contributed by atoms with Crippen LogP contribution in [-0.2, 0) is 17.6 Å². The van der Waals surface area contributed by atoms with Crippen molar-refractivity contribution in [2.75, 3.05) is 13.7 Å². The minimum Gasteiger partial charge on any atom is -0.496 e. The lowest BCUT2D eigenvalue weighted by molar-refractivity contribution is -0.121. The number of methoxy groups -OCH3 is 1. The Kier molecular flexibility index (Phi) is 5.33. The first kappa shape index (κ1) is 17.0. The molecule has 0 saturated heterocycles. The summed E-state index contributed by atoms with van der Waals surface area (Å²) in [5.41, 5.74) is 4.24. The Balaban J connectivity index is 1.47. The van der Waals surface area contributed by atoms with Gasteiger partial charge in [-0.1, -0.05) is 29.8 Å². The highest BCUT2D eigenvalue weighted by atomic mass is 16.5. The van der Waals surface area contributed by atoms with Crippen molar-refractivity contribution in [3.05, 3.63) is 59.4 Å². The van der Waals surface area contributed by atoms with Crippen LogP contribution in [0.2, 0.25) is 0 Å². The van der Waals surface area contributed by atoms with Crippen LogP contribution in [-0.4, -0.2) is 29.5 Å². The normalized spacial score (nSPS) is 10.8. The maximum absolute atomic E-state index is 12.1. The molecular weight excluding hydrogens is 314 g/mol. The van der Waals surface area contributed by atoms with Gasteiger partial charge in [0.25, 0.3) is 0 Å². The predicted octanol–water partition coefficient (Wildman–Crippen LogP) is 3.17. The molecule has 1 amide bonds. The second-order valence-electron chi connectivity index (χ2n) is 6.12. The fourth-order valence-corrected chi connectivity index (χ4v) is 2.88. The van der Waals surface area contributed by atoms with Gasteiger partial charge in [0, 0.05) is 19.4 Å². The van der Waals surface area contributed by atoms with Crippen molar-refractivity contribution in [2.24, 2.45) is 0 Å². The van der Waals surface area contributed by atoms with Gasteiger partial charge in [0.05, 0.1) is 18.1 Å². The third-order valence-corrected chi connectivity index (χ3v) is 4.18. The zero-order valence-electron chi connectivity index (χ0n) is 14.6. The van der Waals surface area contributed by atoms with E-state index in [1.54, 1.807) is 7.11 Å². The molecule has 1 heterocycles. The van der Waals surface area contributed by atoms with Crippen LogP contribution >= 0.6 is 0 Å². The van der Waals surface area contributed by atoms with E-state index in [0.29, 0.717) is 19.4 Å². The van der Waals surface area contributed by atoms with Crippen LogP contribution in [0.4, 0.5) is 0 Å². The summed E-state index contributed by atoms with van der Waals surface area (Å²) in [6.07, 6.45) is 1.78. The number of fused-ring (bicyclic) bond motifs is 1. The summed E-state index contributed by atoms with van der Waals surface area (Å²) in [6, 6.07) is 14.0. The van der Waals surface area contributed by atoms with Gasteiger partial charge in [-0.05, 0) is 37.1 Å². The van der Waals surface area contributed by atoms with Gasteiger partial charge in [0.1, 0.15) is 11.6 Å². The number of amides is 1. The number of hydrogen-bond acceptors (Lipinski definition) is 3. The Morgan fingerprint density at radius 1 is 1.20 bits per heavy atom. The molecule has 1 aromatic heterocycles. The molecule has 0 spiro atoms. The van der Waals surface area contributed by atoms with E-state index in [9.17, 15) is 4.79 Å². The fraction of sp³-hybridized carbons (Fsp3) is 0.300. The van der Waals surface area contributed by atoms with Crippen molar-refractivity contribution in [3.8, 4) is 5.75 Å². The van der Waals surface area contributed by atoms with Crippen LogP contribution in [0.1, 0.15) is 23.4 Å². The lowest BCUT2D eigenvalue weighted by Gasteiger charge is -2.10. The molecule has 3 rings (SSSR count). The molecule has 0 saturated carbocycles. The Labute approximate surface area is 147 Å². The van der Waals surface area contributed by atoms with E-state index in [1.807, 2.05) is 36.4 Å². The molecule has 25 heavy (non-hydrogen) atoms. The summed E-state index contributed by atoms with van der Waals surface area (Å²) >= 11 is 0.